The van der Waals surface area contributed by atoms with E-state index in [0.29, 0.717) is 6.54 Å². The maximum absolute atomic E-state index is 10.8. The van der Waals surface area contributed by atoms with Crippen LogP contribution < -0.4 is 5.73 Å². The van der Waals surface area contributed by atoms with E-state index in [1.165, 1.54) is 0 Å². The topological polar surface area (TPSA) is 70.1 Å². The maximum Gasteiger partial charge on any atom is 0.221 e. The van der Waals surface area contributed by atoms with Crippen molar-refractivity contribution < 1.29 is 4.79 Å². The van der Waals surface area contributed by atoms with E-state index in [0.717, 1.165) is 19.5 Å². The molecule has 0 aromatic rings. The summed E-state index contributed by atoms with van der Waals surface area (Å²) >= 11 is 0. The molecule has 0 radical (unpaired) electrons. The smallest absolute Gasteiger partial charge is 0.221 e. The Morgan fingerprint density at radius 3 is 2.86 bits per heavy atom. The molecular formula is C10H17N3O. The lowest BCUT2D eigenvalue weighted by atomic mass is 9.92. The van der Waals surface area contributed by atoms with E-state index in [-0.39, 0.29) is 17.2 Å². The number of carbonyl (C=O) groups excluding carboxylic acids is 1. The van der Waals surface area contributed by atoms with Gasteiger partial charge in [0.25, 0.3) is 0 Å². The molecule has 2 unspecified atom stereocenters. The average Bonchev–Trinajstić information content (AvgIpc) is 2.48. The van der Waals surface area contributed by atoms with E-state index >= 15 is 0 Å². The van der Waals surface area contributed by atoms with E-state index in [4.69, 9.17) is 11.0 Å². The van der Waals surface area contributed by atoms with Gasteiger partial charge in [0.05, 0.1) is 11.5 Å². The van der Waals surface area contributed by atoms with Crippen LogP contribution in [0.5, 0.6) is 0 Å². The Morgan fingerprint density at radius 1 is 1.79 bits per heavy atom. The first kappa shape index (κ1) is 11.0. The van der Waals surface area contributed by atoms with Gasteiger partial charge in [-0.05, 0) is 19.9 Å². The monoisotopic (exact) mass is 195 g/mol. The Kier molecular flexibility index (Phi) is 3.12. The highest BCUT2D eigenvalue weighted by molar-refractivity contribution is 5.76. The second-order valence-corrected chi connectivity index (χ2v) is 4.46. The Hall–Kier alpha value is -1.08. The average molecular weight is 195 g/mol. The molecule has 4 heteroatoms. The van der Waals surface area contributed by atoms with Gasteiger partial charge in [-0.25, -0.2) is 0 Å². The van der Waals surface area contributed by atoms with Crippen molar-refractivity contribution in [2.75, 3.05) is 19.6 Å². The largest absolute Gasteiger partial charge is 0.369 e. The van der Waals surface area contributed by atoms with Gasteiger partial charge in [-0.1, -0.05) is 6.92 Å². The lowest BCUT2D eigenvalue weighted by molar-refractivity contribution is -0.121. The normalized spacial score (nSPS) is 29.8. The number of rotatable bonds is 3. The van der Waals surface area contributed by atoms with Crippen LogP contribution in [0, 0.1) is 22.7 Å². The molecule has 14 heavy (non-hydrogen) atoms. The second kappa shape index (κ2) is 3.97. The third-order valence-corrected chi connectivity index (χ3v) is 2.84. The van der Waals surface area contributed by atoms with Crippen molar-refractivity contribution in [3.05, 3.63) is 0 Å². The van der Waals surface area contributed by atoms with Crippen LogP contribution in [0.25, 0.3) is 0 Å². The number of nitrogens with two attached hydrogens (primary N) is 1. The van der Waals surface area contributed by atoms with Crippen molar-refractivity contribution in [3.8, 4) is 6.07 Å². The molecular weight excluding hydrogens is 178 g/mol. The van der Waals surface area contributed by atoms with Crippen LogP contribution >= 0.6 is 0 Å². The predicted molar refractivity (Wildman–Crippen MR) is 53.1 cm³/mol. The van der Waals surface area contributed by atoms with E-state index in [2.05, 4.69) is 11.0 Å². The lowest BCUT2D eigenvalue weighted by Gasteiger charge is -2.19. The fraction of sp³-hybridized carbons (Fsp3) is 0.800. The van der Waals surface area contributed by atoms with Crippen molar-refractivity contribution >= 4 is 5.91 Å². The van der Waals surface area contributed by atoms with Gasteiger partial charge in [-0.2, -0.15) is 5.26 Å². The van der Waals surface area contributed by atoms with Gasteiger partial charge >= 0.3 is 0 Å². The van der Waals surface area contributed by atoms with Crippen LogP contribution in [0.1, 0.15) is 20.3 Å². The summed E-state index contributed by atoms with van der Waals surface area (Å²) < 4.78 is 0. The highest BCUT2D eigenvalue weighted by Gasteiger charge is 2.34. The molecule has 0 aliphatic carbocycles. The number of nitriles is 1. The van der Waals surface area contributed by atoms with E-state index in [1.54, 1.807) is 0 Å². The third kappa shape index (κ3) is 2.46. The quantitative estimate of drug-likeness (QED) is 0.706. The van der Waals surface area contributed by atoms with Crippen molar-refractivity contribution in [2.45, 2.75) is 20.3 Å². The molecule has 1 heterocycles. The number of likely N-dealkylation sites (tertiary alicyclic amines) is 1. The summed E-state index contributed by atoms with van der Waals surface area (Å²) in [4.78, 5) is 13.0. The van der Waals surface area contributed by atoms with Crippen LogP contribution in [0.4, 0.5) is 0 Å². The van der Waals surface area contributed by atoms with Gasteiger partial charge in [0.15, 0.2) is 0 Å². The van der Waals surface area contributed by atoms with E-state index in [9.17, 15) is 4.79 Å². The summed E-state index contributed by atoms with van der Waals surface area (Å²) in [6.07, 6.45) is 0.884. The highest BCUT2D eigenvalue weighted by atomic mass is 16.1. The fourth-order valence-electron chi connectivity index (χ4n) is 1.78. The summed E-state index contributed by atoms with van der Waals surface area (Å²) in [6.45, 7) is 6.10. The molecule has 1 saturated heterocycles. The molecule has 0 spiro atoms. The van der Waals surface area contributed by atoms with Crippen molar-refractivity contribution in [3.63, 3.8) is 0 Å². The minimum atomic E-state index is -0.268. The summed E-state index contributed by atoms with van der Waals surface area (Å²) in [6, 6.07) is 2.31. The predicted octanol–water partition coefficient (Wildman–Crippen LogP) is 0.343. The Morgan fingerprint density at radius 2 is 2.43 bits per heavy atom. The van der Waals surface area contributed by atoms with Crippen LogP contribution in [-0.2, 0) is 4.79 Å². The molecule has 1 rings (SSSR count). The summed E-state index contributed by atoms with van der Waals surface area (Å²) in [7, 11) is 0. The number of hydrogen-bond donors (Lipinski definition) is 1. The van der Waals surface area contributed by atoms with Gasteiger partial charge in [0, 0.05) is 19.0 Å². The van der Waals surface area contributed by atoms with Crippen molar-refractivity contribution in [1.82, 2.24) is 4.90 Å². The standard InChI is InChI=1S/C10H17N3O/c1-8(9(12)14)5-13-4-3-10(2,6-11)7-13/h8H,3-5,7H2,1-2H3,(H2,12,14). The number of primary amides is 1. The summed E-state index contributed by atoms with van der Waals surface area (Å²) in [5.41, 5.74) is 4.94. The Balaban J connectivity index is 2.45. The van der Waals surface area contributed by atoms with E-state index < -0.39 is 0 Å². The molecule has 0 saturated carbocycles. The number of nitrogens with zero attached hydrogens (tertiary/aromatic N) is 2. The SMILES string of the molecule is CC(CN1CCC(C)(C#N)C1)C(N)=O. The summed E-state index contributed by atoms with van der Waals surface area (Å²) in [5, 5.41) is 8.92. The number of carbonyl (C=O) groups is 1. The van der Waals surface area contributed by atoms with Crippen LogP contribution in [0.2, 0.25) is 0 Å². The lowest BCUT2D eigenvalue weighted by Crippen LogP contribution is -2.34. The Bertz CT molecular complexity index is 271. The zero-order chi connectivity index (χ0) is 10.8. The van der Waals surface area contributed by atoms with Crippen LogP contribution in [-0.4, -0.2) is 30.4 Å². The summed E-state index contributed by atoms with van der Waals surface area (Å²) in [5.74, 6) is -0.397. The number of hydrogen-bond acceptors (Lipinski definition) is 3. The minimum Gasteiger partial charge on any atom is -0.369 e. The molecule has 2 atom stereocenters. The van der Waals surface area contributed by atoms with Gasteiger partial charge in [0.1, 0.15) is 0 Å². The molecule has 0 aromatic heterocycles. The molecule has 1 fully saturated rings. The maximum atomic E-state index is 10.8. The minimum absolute atomic E-state index is 0.129. The molecule has 1 amide bonds. The number of amides is 1. The first-order chi connectivity index (χ1) is 6.47. The molecule has 78 valence electrons. The third-order valence-electron chi connectivity index (χ3n) is 2.84. The molecule has 1 aliphatic rings. The molecule has 0 aromatic carbocycles. The second-order valence-electron chi connectivity index (χ2n) is 4.46. The van der Waals surface area contributed by atoms with Gasteiger partial charge in [-0.15, -0.1) is 0 Å². The van der Waals surface area contributed by atoms with Crippen LogP contribution in [0.3, 0.4) is 0 Å². The highest BCUT2D eigenvalue weighted by Crippen LogP contribution is 2.28. The van der Waals surface area contributed by atoms with Gasteiger partial charge in [0.2, 0.25) is 5.91 Å². The van der Waals surface area contributed by atoms with Gasteiger partial charge in [-0.3, -0.25) is 4.79 Å². The zero-order valence-corrected chi connectivity index (χ0v) is 8.79. The van der Waals surface area contributed by atoms with Crippen molar-refractivity contribution in [2.24, 2.45) is 17.1 Å². The first-order valence-corrected chi connectivity index (χ1v) is 4.90. The van der Waals surface area contributed by atoms with Crippen molar-refractivity contribution in [1.29, 1.82) is 5.26 Å². The molecule has 1 aliphatic heterocycles. The van der Waals surface area contributed by atoms with Crippen LogP contribution in [0.15, 0.2) is 0 Å². The molecule has 0 bridgehead atoms. The first-order valence-electron chi connectivity index (χ1n) is 4.90. The van der Waals surface area contributed by atoms with E-state index in [1.807, 2.05) is 13.8 Å². The van der Waals surface area contributed by atoms with Gasteiger partial charge < -0.3 is 10.6 Å². The Labute approximate surface area is 84.7 Å². The molecule has 4 nitrogen and oxygen atoms in total. The fourth-order valence-corrected chi connectivity index (χ4v) is 1.78. The molecule has 2 N–H and O–H groups in total. The zero-order valence-electron chi connectivity index (χ0n) is 8.79.